The Bertz CT molecular complexity index is 496. The minimum absolute atomic E-state index is 0.648. The van der Waals surface area contributed by atoms with E-state index < -0.39 is 0 Å². The predicted octanol–water partition coefficient (Wildman–Crippen LogP) is 1.30. The van der Waals surface area contributed by atoms with Crippen LogP contribution >= 0.6 is 0 Å². The van der Waals surface area contributed by atoms with Crippen molar-refractivity contribution in [3.8, 4) is 0 Å². The Morgan fingerprint density at radius 1 is 1.53 bits per heavy atom. The highest BCUT2D eigenvalue weighted by Gasteiger charge is 2.17. The molecule has 2 aromatic heterocycles. The number of imidazole rings is 1. The maximum atomic E-state index is 4.56. The monoisotopic (exact) mass is 259 g/mol. The van der Waals surface area contributed by atoms with Crippen molar-refractivity contribution in [2.45, 2.75) is 32.4 Å². The second-order valence-electron chi connectivity index (χ2n) is 5.18. The van der Waals surface area contributed by atoms with Crippen LogP contribution in [-0.2, 0) is 6.54 Å². The summed E-state index contributed by atoms with van der Waals surface area (Å²) in [4.78, 5) is 11.3. The first-order valence-electron chi connectivity index (χ1n) is 7.09. The normalized spacial score (nSPS) is 19.6. The highest BCUT2D eigenvalue weighted by molar-refractivity contribution is 5.29. The molecule has 102 valence electrons. The average molecular weight is 259 g/mol. The van der Waals surface area contributed by atoms with Crippen molar-refractivity contribution in [2.75, 3.05) is 19.6 Å². The minimum atomic E-state index is 0.648. The zero-order valence-corrected chi connectivity index (χ0v) is 11.4. The van der Waals surface area contributed by atoms with Crippen molar-refractivity contribution >= 4 is 5.78 Å². The lowest BCUT2D eigenvalue weighted by Gasteiger charge is -2.23. The summed E-state index contributed by atoms with van der Waals surface area (Å²) in [5, 5.41) is 3.55. The first kappa shape index (κ1) is 12.6. The first-order chi connectivity index (χ1) is 9.35. The van der Waals surface area contributed by atoms with Gasteiger partial charge in [0.05, 0.1) is 5.69 Å². The lowest BCUT2D eigenvalue weighted by Crippen LogP contribution is -2.37. The zero-order chi connectivity index (χ0) is 13.1. The third kappa shape index (κ3) is 2.93. The van der Waals surface area contributed by atoms with Crippen molar-refractivity contribution in [1.82, 2.24) is 24.6 Å². The number of nitrogens with one attached hydrogen (secondary N) is 1. The van der Waals surface area contributed by atoms with Crippen molar-refractivity contribution in [1.29, 1.82) is 0 Å². The van der Waals surface area contributed by atoms with E-state index in [0.717, 1.165) is 31.1 Å². The standard InChI is InChI=1S/C14H21N5/c1-2-18(9-12-5-3-6-15-12)10-13-11-19-8-4-7-16-14(19)17-13/h4,7-8,11-12,15H,2-3,5-6,9-10H2,1H3. The van der Waals surface area contributed by atoms with E-state index in [1.165, 1.54) is 19.4 Å². The number of fused-ring (bicyclic) bond motifs is 1. The summed E-state index contributed by atoms with van der Waals surface area (Å²) in [5.41, 5.74) is 1.10. The van der Waals surface area contributed by atoms with Crippen LogP contribution in [0.3, 0.4) is 0 Å². The molecule has 0 aromatic carbocycles. The SMILES string of the molecule is CCN(Cc1cn2cccnc2n1)CC1CCCN1. The van der Waals surface area contributed by atoms with Gasteiger partial charge in [0.2, 0.25) is 5.78 Å². The minimum Gasteiger partial charge on any atom is -0.313 e. The van der Waals surface area contributed by atoms with Gasteiger partial charge in [0, 0.05) is 37.7 Å². The van der Waals surface area contributed by atoms with Gasteiger partial charge in [0.15, 0.2) is 0 Å². The Kier molecular flexibility index (Phi) is 3.75. The van der Waals surface area contributed by atoms with Gasteiger partial charge in [-0.1, -0.05) is 6.92 Å². The highest BCUT2D eigenvalue weighted by atomic mass is 15.2. The Morgan fingerprint density at radius 2 is 2.47 bits per heavy atom. The van der Waals surface area contributed by atoms with Crippen LogP contribution in [0.5, 0.6) is 0 Å². The molecule has 1 unspecified atom stereocenters. The van der Waals surface area contributed by atoms with Gasteiger partial charge in [0.1, 0.15) is 0 Å². The number of hydrogen-bond donors (Lipinski definition) is 1. The smallest absolute Gasteiger partial charge is 0.233 e. The summed E-state index contributed by atoms with van der Waals surface area (Å²) >= 11 is 0. The topological polar surface area (TPSA) is 45.5 Å². The molecule has 0 saturated carbocycles. The highest BCUT2D eigenvalue weighted by Crippen LogP contribution is 2.10. The molecule has 0 amide bonds. The van der Waals surface area contributed by atoms with E-state index in [9.17, 15) is 0 Å². The summed E-state index contributed by atoms with van der Waals surface area (Å²) in [6.45, 7) is 6.44. The largest absolute Gasteiger partial charge is 0.313 e. The first-order valence-corrected chi connectivity index (χ1v) is 7.09. The third-order valence-electron chi connectivity index (χ3n) is 3.76. The number of likely N-dealkylation sites (N-methyl/N-ethyl adjacent to an activating group) is 1. The fourth-order valence-corrected chi connectivity index (χ4v) is 2.71. The number of nitrogens with zero attached hydrogens (tertiary/aromatic N) is 4. The molecule has 3 rings (SSSR count). The quantitative estimate of drug-likeness (QED) is 0.879. The molecule has 1 fully saturated rings. The third-order valence-corrected chi connectivity index (χ3v) is 3.76. The van der Waals surface area contributed by atoms with Gasteiger partial charge in [-0.2, -0.15) is 0 Å². The van der Waals surface area contributed by atoms with E-state index in [4.69, 9.17) is 0 Å². The second-order valence-corrected chi connectivity index (χ2v) is 5.18. The maximum absolute atomic E-state index is 4.56. The zero-order valence-electron chi connectivity index (χ0n) is 11.4. The number of hydrogen-bond acceptors (Lipinski definition) is 4. The van der Waals surface area contributed by atoms with Crippen molar-refractivity contribution in [3.63, 3.8) is 0 Å². The van der Waals surface area contributed by atoms with E-state index in [-0.39, 0.29) is 0 Å². The molecule has 1 aliphatic heterocycles. The van der Waals surface area contributed by atoms with Crippen LogP contribution in [0, 0.1) is 0 Å². The van der Waals surface area contributed by atoms with E-state index >= 15 is 0 Å². The van der Waals surface area contributed by atoms with Crippen LogP contribution in [0.1, 0.15) is 25.5 Å². The molecule has 5 heteroatoms. The summed E-state index contributed by atoms with van der Waals surface area (Å²) in [6.07, 6.45) is 8.45. The second kappa shape index (κ2) is 5.67. The Hall–Kier alpha value is -1.46. The molecule has 0 aliphatic carbocycles. The Morgan fingerprint density at radius 3 is 3.21 bits per heavy atom. The number of aromatic nitrogens is 3. The van der Waals surface area contributed by atoms with Gasteiger partial charge in [-0.25, -0.2) is 9.97 Å². The lowest BCUT2D eigenvalue weighted by atomic mass is 10.2. The van der Waals surface area contributed by atoms with E-state index in [1.54, 1.807) is 6.20 Å². The van der Waals surface area contributed by atoms with Gasteiger partial charge >= 0.3 is 0 Å². The van der Waals surface area contributed by atoms with E-state index in [2.05, 4.69) is 33.3 Å². The Labute approximate surface area is 113 Å². The molecule has 0 spiro atoms. The maximum Gasteiger partial charge on any atom is 0.233 e. The van der Waals surface area contributed by atoms with Crippen molar-refractivity contribution < 1.29 is 0 Å². The van der Waals surface area contributed by atoms with Crippen LogP contribution < -0.4 is 5.32 Å². The molecular formula is C14H21N5. The van der Waals surface area contributed by atoms with Gasteiger partial charge in [-0.3, -0.25) is 9.30 Å². The number of rotatable bonds is 5. The van der Waals surface area contributed by atoms with Crippen LogP contribution in [0.4, 0.5) is 0 Å². The molecule has 19 heavy (non-hydrogen) atoms. The molecule has 0 bridgehead atoms. The molecule has 1 atom stereocenters. The fourth-order valence-electron chi connectivity index (χ4n) is 2.71. The Balaban J connectivity index is 1.67. The van der Waals surface area contributed by atoms with Gasteiger partial charge in [-0.15, -0.1) is 0 Å². The van der Waals surface area contributed by atoms with Gasteiger partial charge in [-0.05, 0) is 32.0 Å². The molecule has 1 aliphatic rings. The van der Waals surface area contributed by atoms with Crippen molar-refractivity contribution in [3.05, 3.63) is 30.4 Å². The molecule has 5 nitrogen and oxygen atoms in total. The van der Waals surface area contributed by atoms with Crippen molar-refractivity contribution in [2.24, 2.45) is 0 Å². The average Bonchev–Trinajstić information content (AvgIpc) is 3.06. The van der Waals surface area contributed by atoms with Crippen LogP contribution in [-0.4, -0.2) is 44.9 Å². The summed E-state index contributed by atoms with van der Waals surface area (Å²) in [7, 11) is 0. The fraction of sp³-hybridized carbons (Fsp3) is 0.571. The molecular weight excluding hydrogens is 238 g/mol. The molecule has 1 saturated heterocycles. The van der Waals surface area contributed by atoms with Gasteiger partial charge < -0.3 is 5.32 Å². The van der Waals surface area contributed by atoms with Crippen LogP contribution in [0.2, 0.25) is 0 Å². The van der Waals surface area contributed by atoms with Crippen LogP contribution in [0.25, 0.3) is 5.78 Å². The van der Waals surface area contributed by atoms with E-state index in [0.29, 0.717) is 6.04 Å². The van der Waals surface area contributed by atoms with E-state index in [1.807, 2.05) is 16.7 Å². The summed E-state index contributed by atoms with van der Waals surface area (Å²) in [5.74, 6) is 0.785. The predicted molar refractivity (Wildman–Crippen MR) is 75.0 cm³/mol. The molecule has 3 heterocycles. The molecule has 2 aromatic rings. The van der Waals surface area contributed by atoms with Gasteiger partial charge in [0.25, 0.3) is 0 Å². The summed E-state index contributed by atoms with van der Waals surface area (Å²) < 4.78 is 1.98. The lowest BCUT2D eigenvalue weighted by molar-refractivity contribution is 0.251. The van der Waals surface area contributed by atoms with Crippen LogP contribution in [0.15, 0.2) is 24.7 Å². The molecule has 1 N–H and O–H groups in total. The molecule has 0 radical (unpaired) electrons. The summed E-state index contributed by atoms with van der Waals surface area (Å²) in [6, 6.07) is 2.58.